The monoisotopic (exact) mass is 306 g/mol. The van der Waals surface area contributed by atoms with E-state index in [0.717, 1.165) is 13.1 Å². The fourth-order valence-corrected chi connectivity index (χ4v) is 2.15. The number of carbonyl (C=O) groups excluding carboxylic acids is 2. The van der Waals surface area contributed by atoms with Gasteiger partial charge in [0.05, 0.1) is 6.54 Å². The molecule has 0 unspecified atom stereocenters. The Morgan fingerprint density at radius 3 is 2.45 bits per heavy atom. The second-order valence-electron chi connectivity index (χ2n) is 4.93. The predicted molar refractivity (Wildman–Crippen MR) is 89.2 cm³/mol. The summed E-state index contributed by atoms with van der Waals surface area (Å²) in [4.78, 5) is 25.0. The van der Waals surface area contributed by atoms with Crippen molar-refractivity contribution in [3.63, 3.8) is 0 Å². The van der Waals surface area contributed by atoms with Crippen molar-refractivity contribution in [2.75, 3.05) is 37.6 Å². The molecule has 3 N–H and O–H groups in total. The Labute approximate surface area is 132 Å². The van der Waals surface area contributed by atoms with Crippen LogP contribution in [0.15, 0.2) is 24.3 Å². The zero-order valence-corrected chi connectivity index (χ0v) is 13.6. The van der Waals surface area contributed by atoms with Gasteiger partial charge in [-0.05, 0) is 32.4 Å². The summed E-state index contributed by atoms with van der Waals surface area (Å²) in [5.41, 5.74) is 2.39. The van der Waals surface area contributed by atoms with Gasteiger partial charge in [0.1, 0.15) is 0 Å². The summed E-state index contributed by atoms with van der Waals surface area (Å²) < 4.78 is 0. The van der Waals surface area contributed by atoms with Crippen LogP contribution in [0, 0.1) is 6.92 Å². The Bertz CT molecular complexity index is 491. The summed E-state index contributed by atoms with van der Waals surface area (Å²) in [6.45, 7) is 8.65. The molecule has 1 rings (SSSR count). The highest BCUT2D eigenvalue weighted by Crippen LogP contribution is 2.18. The lowest BCUT2D eigenvalue weighted by molar-refractivity contribution is -0.119. The standard InChI is InChI=1S/C16H26N4O2/c1-4-17-15(21)12-19-16(22)18-10-11-20(5-2)14-9-7-6-8-13(14)3/h6-9H,4-5,10-12H2,1-3H3,(H,17,21)(H2,18,19,22). The van der Waals surface area contributed by atoms with E-state index in [-0.39, 0.29) is 18.5 Å². The smallest absolute Gasteiger partial charge is 0.315 e. The molecule has 6 nitrogen and oxygen atoms in total. The van der Waals surface area contributed by atoms with Crippen LogP contribution in [-0.2, 0) is 4.79 Å². The molecule has 1 aromatic rings. The van der Waals surface area contributed by atoms with Crippen molar-refractivity contribution in [3.8, 4) is 0 Å². The number of aryl methyl sites for hydroxylation is 1. The molecule has 0 aliphatic rings. The summed E-state index contributed by atoms with van der Waals surface area (Å²) in [5, 5.41) is 7.91. The molecule has 0 saturated carbocycles. The molecule has 0 aliphatic carbocycles. The minimum atomic E-state index is -0.327. The van der Waals surface area contributed by atoms with Crippen molar-refractivity contribution >= 4 is 17.6 Å². The van der Waals surface area contributed by atoms with Gasteiger partial charge in [0, 0.05) is 31.9 Å². The molecule has 3 amide bonds. The van der Waals surface area contributed by atoms with E-state index in [1.54, 1.807) is 0 Å². The van der Waals surface area contributed by atoms with Crippen LogP contribution >= 0.6 is 0 Å². The lowest BCUT2D eigenvalue weighted by atomic mass is 10.2. The molecule has 122 valence electrons. The van der Waals surface area contributed by atoms with Crippen LogP contribution in [0.2, 0.25) is 0 Å². The Balaban J connectivity index is 2.34. The highest BCUT2D eigenvalue weighted by atomic mass is 16.2. The number of anilines is 1. The maximum absolute atomic E-state index is 11.6. The van der Waals surface area contributed by atoms with Gasteiger partial charge in [0.2, 0.25) is 5.91 Å². The first-order chi connectivity index (χ1) is 10.6. The van der Waals surface area contributed by atoms with Gasteiger partial charge in [-0.3, -0.25) is 4.79 Å². The van der Waals surface area contributed by atoms with Crippen molar-refractivity contribution in [2.24, 2.45) is 0 Å². The average Bonchev–Trinajstić information content (AvgIpc) is 2.51. The van der Waals surface area contributed by atoms with Crippen LogP contribution in [0.3, 0.4) is 0 Å². The zero-order valence-electron chi connectivity index (χ0n) is 13.6. The maximum atomic E-state index is 11.6. The molecule has 0 fully saturated rings. The van der Waals surface area contributed by atoms with E-state index in [1.165, 1.54) is 11.3 Å². The number of rotatable bonds is 8. The molecular weight excluding hydrogens is 280 g/mol. The summed E-state index contributed by atoms with van der Waals surface area (Å²) in [6.07, 6.45) is 0. The number of nitrogens with one attached hydrogen (secondary N) is 3. The largest absolute Gasteiger partial charge is 0.370 e. The van der Waals surface area contributed by atoms with Crippen molar-refractivity contribution < 1.29 is 9.59 Å². The topological polar surface area (TPSA) is 73.5 Å². The zero-order chi connectivity index (χ0) is 16.4. The quantitative estimate of drug-likeness (QED) is 0.677. The fourth-order valence-electron chi connectivity index (χ4n) is 2.15. The second-order valence-corrected chi connectivity index (χ2v) is 4.93. The van der Waals surface area contributed by atoms with Crippen molar-refractivity contribution in [1.29, 1.82) is 0 Å². The first-order valence-corrected chi connectivity index (χ1v) is 7.67. The first-order valence-electron chi connectivity index (χ1n) is 7.67. The van der Waals surface area contributed by atoms with E-state index in [0.29, 0.717) is 13.1 Å². The van der Waals surface area contributed by atoms with Gasteiger partial charge >= 0.3 is 6.03 Å². The molecule has 1 aromatic carbocycles. The van der Waals surface area contributed by atoms with E-state index in [4.69, 9.17) is 0 Å². The average molecular weight is 306 g/mol. The Kier molecular flexibility index (Phi) is 7.81. The van der Waals surface area contributed by atoms with Crippen LogP contribution < -0.4 is 20.9 Å². The Morgan fingerprint density at radius 2 is 1.82 bits per heavy atom. The number of nitrogens with zero attached hydrogens (tertiary/aromatic N) is 1. The fraction of sp³-hybridized carbons (Fsp3) is 0.500. The molecular formula is C16H26N4O2. The number of benzene rings is 1. The number of urea groups is 1. The number of para-hydroxylation sites is 1. The minimum absolute atomic E-state index is 0.00500. The number of hydrogen-bond donors (Lipinski definition) is 3. The summed E-state index contributed by atoms with van der Waals surface area (Å²) >= 11 is 0. The molecule has 0 aromatic heterocycles. The van der Waals surface area contributed by atoms with Gasteiger partial charge in [0.15, 0.2) is 0 Å². The van der Waals surface area contributed by atoms with Gasteiger partial charge in [0.25, 0.3) is 0 Å². The molecule has 0 radical (unpaired) electrons. The molecule has 6 heteroatoms. The third-order valence-electron chi connectivity index (χ3n) is 3.29. The second kappa shape index (κ2) is 9.65. The number of amides is 3. The van der Waals surface area contributed by atoms with Gasteiger partial charge < -0.3 is 20.9 Å². The molecule has 0 spiro atoms. The summed E-state index contributed by atoms with van der Waals surface area (Å²) in [7, 11) is 0. The van der Waals surface area contributed by atoms with Crippen LogP contribution in [-0.4, -0.2) is 44.7 Å². The first kappa shape index (κ1) is 17.8. The van der Waals surface area contributed by atoms with E-state index >= 15 is 0 Å². The van der Waals surface area contributed by atoms with Gasteiger partial charge in [-0.15, -0.1) is 0 Å². The maximum Gasteiger partial charge on any atom is 0.315 e. The molecule has 0 aliphatic heterocycles. The molecule has 0 atom stereocenters. The minimum Gasteiger partial charge on any atom is -0.370 e. The van der Waals surface area contributed by atoms with E-state index in [9.17, 15) is 9.59 Å². The van der Waals surface area contributed by atoms with Crippen LogP contribution in [0.25, 0.3) is 0 Å². The summed E-state index contributed by atoms with van der Waals surface area (Å²) in [6, 6.07) is 7.85. The Morgan fingerprint density at radius 1 is 1.09 bits per heavy atom. The Hall–Kier alpha value is -2.24. The molecule has 22 heavy (non-hydrogen) atoms. The predicted octanol–water partition coefficient (Wildman–Crippen LogP) is 1.26. The van der Waals surface area contributed by atoms with Crippen molar-refractivity contribution in [3.05, 3.63) is 29.8 Å². The highest BCUT2D eigenvalue weighted by molar-refractivity contribution is 5.83. The van der Waals surface area contributed by atoms with Gasteiger partial charge in [-0.2, -0.15) is 0 Å². The lowest BCUT2D eigenvalue weighted by Gasteiger charge is -2.25. The normalized spacial score (nSPS) is 9.95. The molecule has 0 bridgehead atoms. The van der Waals surface area contributed by atoms with Gasteiger partial charge in [-0.1, -0.05) is 18.2 Å². The van der Waals surface area contributed by atoms with Crippen LogP contribution in [0.5, 0.6) is 0 Å². The number of carbonyl (C=O) groups is 2. The SMILES string of the molecule is CCNC(=O)CNC(=O)NCCN(CC)c1ccccc1C. The van der Waals surface area contributed by atoms with Crippen molar-refractivity contribution in [1.82, 2.24) is 16.0 Å². The van der Waals surface area contributed by atoms with Gasteiger partial charge in [-0.25, -0.2) is 4.79 Å². The molecule has 0 saturated heterocycles. The lowest BCUT2D eigenvalue weighted by Crippen LogP contribution is -2.44. The third kappa shape index (κ3) is 6.03. The van der Waals surface area contributed by atoms with E-state index in [2.05, 4.69) is 46.8 Å². The highest BCUT2D eigenvalue weighted by Gasteiger charge is 2.08. The van der Waals surface area contributed by atoms with Crippen LogP contribution in [0.1, 0.15) is 19.4 Å². The number of likely N-dealkylation sites (N-methyl/N-ethyl adjacent to an activating group) is 2. The van der Waals surface area contributed by atoms with E-state index in [1.807, 2.05) is 19.1 Å². The van der Waals surface area contributed by atoms with Crippen molar-refractivity contribution in [2.45, 2.75) is 20.8 Å². The van der Waals surface area contributed by atoms with Crippen LogP contribution in [0.4, 0.5) is 10.5 Å². The molecule has 0 heterocycles. The summed E-state index contributed by atoms with van der Waals surface area (Å²) in [5.74, 6) is -0.187. The van der Waals surface area contributed by atoms with E-state index < -0.39 is 0 Å². The number of hydrogen-bond acceptors (Lipinski definition) is 3. The third-order valence-corrected chi connectivity index (χ3v) is 3.29.